The summed E-state index contributed by atoms with van der Waals surface area (Å²) < 4.78 is 2.06. The Labute approximate surface area is 155 Å². The predicted octanol–water partition coefficient (Wildman–Crippen LogP) is 3.76. The molecule has 6 rings (SSSR count). The monoisotopic (exact) mass is 349 g/mol. The zero-order valence-corrected chi connectivity index (χ0v) is 15.2. The first kappa shape index (κ1) is 16.1. The van der Waals surface area contributed by atoms with Crippen LogP contribution in [0.3, 0.4) is 0 Å². The van der Waals surface area contributed by atoms with Gasteiger partial charge in [-0.2, -0.15) is 0 Å². The van der Waals surface area contributed by atoms with E-state index in [2.05, 4.69) is 39.1 Å². The summed E-state index contributed by atoms with van der Waals surface area (Å²) in [6, 6.07) is 8.55. The predicted molar refractivity (Wildman–Crippen MR) is 100 cm³/mol. The lowest BCUT2D eigenvalue weighted by molar-refractivity contribution is -0.146. The fourth-order valence-electron chi connectivity index (χ4n) is 6.11. The van der Waals surface area contributed by atoms with E-state index in [0.717, 1.165) is 43.6 Å². The minimum Gasteiger partial charge on any atom is -0.352 e. The van der Waals surface area contributed by atoms with E-state index in [0.29, 0.717) is 12.5 Å². The lowest BCUT2D eigenvalue weighted by Gasteiger charge is -2.55. The van der Waals surface area contributed by atoms with E-state index in [9.17, 15) is 4.79 Å². The van der Waals surface area contributed by atoms with Crippen LogP contribution in [-0.2, 0) is 17.9 Å². The summed E-state index contributed by atoms with van der Waals surface area (Å²) in [6.45, 7) is 1.48. The third kappa shape index (κ3) is 2.95. The van der Waals surface area contributed by atoms with Crippen LogP contribution in [0.15, 0.2) is 43.0 Å². The first-order valence-corrected chi connectivity index (χ1v) is 10.0. The molecule has 1 aromatic carbocycles. The molecule has 1 N–H and O–H groups in total. The summed E-state index contributed by atoms with van der Waals surface area (Å²) >= 11 is 0. The first-order valence-electron chi connectivity index (χ1n) is 10.0. The molecule has 4 saturated carbocycles. The highest BCUT2D eigenvalue weighted by molar-refractivity contribution is 5.83. The summed E-state index contributed by atoms with van der Waals surface area (Å²) in [6.07, 6.45) is 13.1. The molecule has 0 spiro atoms. The molecule has 4 aliphatic carbocycles. The highest BCUT2D eigenvalue weighted by Gasteiger charge is 2.54. The highest BCUT2D eigenvalue weighted by atomic mass is 16.2. The van der Waals surface area contributed by atoms with Crippen LogP contribution in [0.2, 0.25) is 0 Å². The highest BCUT2D eigenvalue weighted by Crippen LogP contribution is 2.60. The van der Waals surface area contributed by atoms with E-state index in [1.165, 1.54) is 30.4 Å². The second kappa shape index (κ2) is 6.26. The molecule has 0 radical (unpaired) electrons. The van der Waals surface area contributed by atoms with E-state index < -0.39 is 0 Å². The molecule has 26 heavy (non-hydrogen) atoms. The van der Waals surface area contributed by atoms with E-state index in [-0.39, 0.29) is 5.41 Å². The number of nitrogens with zero attached hydrogens (tertiary/aromatic N) is 2. The molecular formula is C22H27N3O. The maximum atomic E-state index is 13.0. The van der Waals surface area contributed by atoms with Crippen molar-refractivity contribution < 1.29 is 4.79 Å². The van der Waals surface area contributed by atoms with Crippen LogP contribution in [-0.4, -0.2) is 15.5 Å². The molecule has 0 unspecified atom stereocenters. The molecule has 4 heteroatoms. The van der Waals surface area contributed by atoms with Crippen molar-refractivity contribution in [3.05, 3.63) is 54.1 Å². The second-order valence-corrected chi connectivity index (χ2v) is 8.93. The van der Waals surface area contributed by atoms with Gasteiger partial charge in [0.2, 0.25) is 5.91 Å². The number of carbonyl (C=O) groups excluding carboxylic acids is 1. The quantitative estimate of drug-likeness (QED) is 0.893. The Morgan fingerprint density at radius 2 is 1.65 bits per heavy atom. The Hall–Kier alpha value is -2.10. The number of carbonyl (C=O) groups is 1. The van der Waals surface area contributed by atoms with Gasteiger partial charge in [0.05, 0.1) is 6.33 Å². The first-order chi connectivity index (χ1) is 12.7. The third-order valence-electron chi connectivity index (χ3n) is 6.92. The maximum absolute atomic E-state index is 13.0. The number of benzene rings is 1. The van der Waals surface area contributed by atoms with Gasteiger partial charge in [-0.05, 0) is 67.4 Å². The van der Waals surface area contributed by atoms with Gasteiger partial charge in [0, 0.05) is 30.9 Å². The fourth-order valence-corrected chi connectivity index (χ4v) is 6.11. The van der Waals surface area contributed by atoms with Gasteiger partial charge in [0.15, 0.2) is 0 Å². The number of imidazole rings is 1. The van der Waals surface area contributed by atoms with Crippen LogP contribution >= 0.6 is 0 Å². The van der Waals surface area contributed by atoms with Crippen molar-refractivity contribution in [1.29, 1.82) is 0 Å². The van der Waals surface area contributed by atoms with Crippen molar-refractivity contribution in [3.63, 3.8) is 0 Å². The lowest BCUT2D eigenvalue weighted by atomic mass is 9.49. The molecule has 2 aromatic rings. The van der Waals surface area contributed by atoms with Crippen molar-refractivity contribution in [2.24, 2.45) is 23.2 Å². The van der Waals surface area contributed by atoms with Crippen LogP contribution in [0.1, 0.15) is 49.7 Å². The number of aromatic nitrogens is 2. The van der Waals surface area contributed by atoms with Crippen LogP contribution in [0.25, 0.3) is 0 Å². The van der Waals surface area contributed by atoms with Crippen molar-refractivity contribution in [3.8, 4) is 0 Å². The molecule has 0 saturated heterocycles. The number of rotatable bonds is 5. The Kier molecular flexibility index (Phi) is 3.87. The largest absolute Gasteiger partial charge is 0.352 e. The lowest BCUT2D eigenvalue weighted by Crippen LogP contribution is -2.53. The molecule has 4 bridgehead atoms. The third-order valence-corrected chi connectivity index (χ3v) is 6.92. The molecule has 0 aliphatic heterocycles. The van der Waals surface area contributed by atoms with Gasteiger partial charge in [-0.1, -0.05) is 24.3 Å². The molecule has 4 fully saturated rings. The molecule has 4 nitrogen and oxygen atoms in total. The number of amides is 1. The second-order valence-electron chi connectivity index (χ2n) is 8.93. The van der Waals surface area contributed by atoms with Gasteiger partial charge in [-0.3, -0.25) is 4.79 Å². The molecule has 0 atom stereocenters. The van der Waals surface area contributed by atoms with E-state index in [4.69, 9.17) is 0 Å². The average Bonchev–Trinajstić information content (AvgIpc) is 3.13. The number of nitrogens with one attached hydrogen (secondary N) is 1. The van der Waals surface area contributed by atoms with E-state index in [1.807, 2.05) is 12.5 Å². The normalized spacial score (nSPS) is 31.9. The zero-order chi connectivity index (χ0) is 17.6. The molecular weight excluding hydrogens is 322 g/mol. The topological polar surface area (TPSA) is 46.9 Å². The maximum Gasteiger partial charge on any atom is 0.226 e. The van der Waals surface area contributed by atoms with Crippen LogP contribution in [0.5, 0.6) is 0 Å². The van der Waals surface area contributed by atoms with Crippen LogP contribution < -0.4 is 5.32 Å². The van der Waals surface area contributed by atoms with Crippen molar-refractivity contribution in [2.45, 2.75) is 51.6 Å². The summed E-state index contributed by atoms with van der Waals surface area (Å²) in [5.41, 5.74) is 2.38. The van der Waals surface area contributed by atoms with Gasteiger partial charge < -0.3 is 9.88 Å². The van der Waals surface area contributed by atoms with Gasteiger partial charge in [-0.25, -0.2) is 4.98 Å². The Bertz CT molecular complexity index is 743. The summed E-state index contributed by atoms with van der Waals surface area (Å²) in [7, 11) is 0. The van der Waals surface area contributed by atoms with Crippen molar-refractivity contribution in [1.82, 2.24) is 14.9 Å². The number of hydrogen-bond acceptors (Lipinski definition) is 2. The van der Waals surface area contributed by atoms with Gasteiger partial charge >= 0.3 is 0 Å². The van der Waals surface area contributed by atoms with Gasteiger partial charge in [-0.15, -0.1) is 0 Å². The summed E-state index contributed by atoms with van der Waals surface area (Å²) in [4.78, 5) is 17.1. The minimum absolute atomic E-state index is 0.0455. The minimum atomic E-state index is -0.0455. The average molecular weight is 349 g/mol. The Balaban J connectivity index is 1.20. The standard InChI is InChI=1S/C22H27N3O/c26-21(22-10-18-7-19(11-22)9-20(8-18)12-22)24-13-16-1-3-17(4-2-16)14-25-6-5-23-15-25/h1-6,15,18-20H,7-14H2,(H,24,26). The summed E-state index contributed by atoms with van der Waals surface area (Å²) in [5, 5.41) is 3.27. The molecule has 1 heterocycles. The van der Waals surface area contributed by atoms with Crippen molar-refractivity contribution in [2.75, 3.05) is 0 Å². The fraction of sp³-hybridized carbons (Fsp3) is 0.545. The SMILES string of the molecule is O=C(NCc1ccc(Cn2ccnc2)cc1)C12CC3CC(CC(C3)C1)C2. The molecule has 1 amide bonds. The van der Waals surface area contributed by atoms with Crippen LogP contribution in [0, 0.1) is 23.2 Å². The van der Waals surface area contributed by atoms with E-state index in [1.54, 1.807) is 6.20 Å². The van der Waals surface area contributed by atoms with Gasteiger partial charge in [0.1, 0.15) is 0 Å². The summed E-state index contributed by atoms with van der Waals surface area (Å²) in [5.74, 6) is 2.76. The van der Waals surface area contributed by atoms with Gasteiger partial charge in [0.25, 0.3) is 0 Å². The van der Waals surface area contributed by atoms with Crippen molar-refractivity contribution >= 4 is 5.91 Å². The van der Waals surface area contributed by atoms with Crippen LogP contribution in [0.4, 0.5) is 0 Å². The zero-order valence-electron chi connectivity index (χ0n) is 15.2. The molecule has 136 valence electrons. The Morgan fingerprint density at radius 1 is 1.04 bits per heavy atom. The smallest absolute Gasteiger partial charge is 0.226 e. The Morgan fingerprint density at radius 3 is 2.23 bits per heavy atom. The number of hydrogen-bond donors (Lipinski definition) is 1. The van der Waals surface area contributed by atoms with E-state index >= 15 is 0 Å². The molecule has 4 aliphatic rings. The molecule has 1 aromatic heterocycles.